The molecule has 5 N–H and O–H groups in total. The summed E-state index contributed by atoms with van der Waals surface area (Å²) in [7, 11) is 0. The molecule has 166 valence electrons. The first-order valence-electron chi connectivity index (χ1n) is 8.84. The van der Waals surface area contributed by atoms with E-state index in [2.05, 4.69) is 0 Å². The quantitative estimate of drug-likeness (QED) is 0.417. The molecule has 0 aliphatic rings. The highest BCUT2D eigenvalue weighted by atomic mass is 19.1. The lowest BCUT2D eigenvalue weighted by molar-refractivity contribution is -0.170. The molecule has 0 amide bonds. The maximum Gasteiger partial charge on any atom is 0.336 e. The third kappa shape index (κ3) is 7.52. The molecule has 0 fully saturated rings. The van der Waals surface area contributed by atoms with E-state index >= 15 is 0 Å². The number of aliphatic hydroxyl groups is 1. The molecule has 10 heteroatoms. The Morgan fingerprint density at radius 1 is 0.903 bits per heavy atom. The van der Waals surface area contributed by atoms with E-state index < -0.39 is 54.1 Å². The van der Waals surface area contributed by atoms with Gasteiger partial charge in [-0.25, -0.2) is 9.18 Å². The van der Waals surface area contributed by atoms with E-state index in [1.165, 1.54) is 6.07 Å². The molecule has 2 rings (SSSR count). The Labute approximate surface area is 176 Å². The number of carboxylic acids is 4. The van der Waals surface area contributed by atoms with Gasteiger partial charge in [-0.15, -0.1) is 0 Å². The lowest BCUT2D eigenvalue weighted by atomic mass is 9.96. The Morgan fingerprint density at radius 2 is 1.42 bits per heavy atom. The first-order chi connectivity index (χ1) is 14.4. The second-order valence-corrected chi connectivity index (χ2v) is 6.64. The van der Waals surface area contributed by atoms with Gasteiger partial charge >= 0.3 is 23.9 Å². The van der Waals surface area contributed by atoms with Crippen LogP contribution in [-0.2, 0) is 19.2 Å². The fraction of sp³-hybridized carbons (Fsp3) is 0.238. The minimum atomic E-state index is -2.74. The standard InChI is InChI=1S/C15H13FO2.C6H8O7/c1-10(15(17)18)12-7-8-13(14(16)9-12)11-5-3-2-4-6-11;7-3(8)1-6(13,5(11)12)2-4(9)10/h2-10H,1H3,(H,17,18);13H,1-2H2,(H,7,8)(H,9,10)(H,11,12)/t10-;/m0./s1. The highest BCUT2D eigenvalue weighted by Crippen LogP contribution is 2.26. The number of halogens is 1. The van der Waals surface area contributed by atoms with Crippen LogP contribution in [0.2, 0.25) is 0 Å². The van der Waals surface area contributed by atoms with Gasteiger partial charge in [0, 0.05) is 5.56 Å². The van der Waals surface area contributed by atoms with Crippen molar-refractivity contribution in [3.05, 3.63) is 59.9 Å². The van der Waals surface area contributed by atoms with Gasteiger partial charge in [-0.2, -0.15) is 0 Å². The molecule has 0 heterocycles. The molecule has 0 saturated heterocycles. The molecule has 0 unspecified atom stereocenters. The first-order valence-corrected chi connectivity index (χ1v) is 8.84. The average Bonchev–Trinajstić information content (AvgIpc) is 2.67. The number of carboxylic acid groups (broad SMARTS) is 4. The van der Waals surface area contributed by atoms with Crippen LogP contribution in [-0.4, -0.2) is 55.0 Å². The van der Waals surface area contributed by atoms with Gasteiger partial charge in [-0.3, -0.25) is 14.4 Å². The normalized spacial score (nSPS) is 11.6. The highest BCUT2D eigenvalue weighted by molar-refractivity contribution is 5.88. The number of rotatable bonds is 8. The Hall–Kier alpha value is -3.79. The molecule has 0 aromatic heterocycles. The summed E-state index contributed by atoms with van der Waals surface area (Å²) in [6.45, 7) is 1.54. The molecule has 1 atom stereocenters. The number of hydrogen-bond donors (Lipinski definition) is 5. The van der Waals surface area contributed by atoms with Gasteiger partial charge in [0.05, 0.1) is 18.8 Å². The lowest BCUT2D eigenvalue weighted by Gasteiger charge is -2.18. The van der Waals surface area contributed by atoms with Crippen molar-refractivity contribution in [2.45, 2.75) is 31.3 Å². The van der Waals surface area contributed by atoms with Gasteiger partial charge < -0.3 is 25.5 Å². The van der Waals surface area contributed by atoms with Crippen LogP contribution in [0.1, 0.15) is 31.2 Å². The zero-order valence-electron chi connectivity index (χ0n) is 16.4. The van der Waals surface area contributed by atoms with Crippen LogP contribution in [0.5, 0.6) is 0 Å². The average molecular weight is 436 g/mol. The Balaban J connectivity index is 0.000000330. The van der Waals surface area contributed by atoms with Gasteiger partial charge in [0.1, 0.15) is 5.82 Å². The smallest absolute Gasteiger partial charge is 0.336 e. The fourth-order valence-electron chi connectivity index (χ4n) is 2.51. The summed E-state index contributed by atoms with van der Waals surface area (Å²) in [5.74, 6) is -7.08. The Bertz CT molecular complexity index is 941. The molecule has 9 nitrogen and oxygen atoms in total. The molecule has 0 aliphatic heterocycles. The van der Waals surface area contributed by atoms with Crippen molar-refractivity contribution in [2.24, 2.45) is 0 Å². The molecule has 0 spiro atoms. The minimum Gasteiger partial charge on any atom is -0.481 e. The minimum absolute atomic E-state index is 0.396. The van der Waals surface area contributed by atoms with E-state index in [4.69, 9.17) is 25.5 Å². The molecule has 0 aliphatic carbocycles. The SMILES string of the molecule is C[C@H](C(=O)O)c1ccc(-c2ccccc2)c(F)c1.O=C(O)CC(O)(CC(=O)O)C(=O)O. The Morgan fingerprint density at radius 3 is 1.81 bits per heavy atom. The molecule has 0 radical (unpaired) electrons. The van der Waals surface area contributed by atoms with Gasteiger partial charge in [0.15, 0.2) is 5.60 Å². The van der Waals surface area contributed by atoms with E-state index in [-0.39, 0.29) is 0 Å². The Kier molecular flexibility index (Phi) is 8.82. The van der Waals surface area contributed by atoms with Crippen LogP contribution in [0, 0.1) is 5.82 Å². The highest BCUT2D eigenvalue weighted by Gasteiger charge is 2.40. The molecule has 0 bridgehead atoms. The predicted molar refractivity (Wildman–Crippen MR) is 105 cm³/mol. The summed E-state index contributed by atoms with van der Waals surface area (Å²) in [6.07, 6.45) is -2.29. The maximum atomic E-state index is 14.0. The summed E-state index contributed by atoms with van der Waals surface area (Å²) in [5, 5.41) is 42.7. The maximum absolute atomic E-state index is 14.0. The fourth-order valence-corrected chi connectivity index (χ4v) is 2.51. The number of benzene rings is 2. The zero-order valence-corrected chi connectivity index (χ0v) is 16.4. The van der Waals surface area contributed by atoms with Crippen molar-refractivity contribution < 1.29 is 49.1 Å². The van der Waals surface area contributed by atoms with E-state index in [1.54, 1.807) is 19.1 Å². The topological polar surface area (TPSA) is 169 Å². The summed E-state index contributed by atoms with van der Waals surface area (Å²) < 4.78 is 14.0. The third-order valence-corrected chi connectivity index (χ3v) is 4.23. The van der Waals surface area contributed by atoms with Crippen molar-refractivity contribution in [3.8, 4) is 11.1 Å². The van der Waals surface area contributed by atoms with E-state index in [0.717, 1.165) is 5.56 Å². The monoisotopic (exact) mass is 436 g/mol. The number of hydrogen-bond acceptors (Lipinski definition) is 5. The predicted octanol–water partition coefficient (Wildman–Crippen LogP) is 2.43. The summed E-state index contributed by atoms with van der Waals surface area (Å²) in [6, 6.07) is 13.7. The third-order valence-electron chi connectivity index (χ3n) is 4.23. The molecule has 2 aromatic carbocycles. The van der Waals surface area contributed by atoms with Crippen molar-refractivity contribution >= 4 is 23.9 Å². The molecule has 0 saturated carbocycles. The summed E-state index contributed by atoms with van der Waals surface area (Å²) in [4.78, 5) is 41.3. The van der Waals surface area contributed by atoms with Crippen molar-refractivity contribution in [1.82, 2.24) is 0 Å². The van der Waals surface area contributed by atoms with Crippen LogP contribution in [0.15, 0.2) is 48.5 Å². The molecule has 31 heavy (non-hydrogen) atoms. The largest absolute Gasteiger partial charge is 0.481 e. The molecular formula is C21H21FO9. The van der Waals surface area contributed by atoms with E-state index in [9.17, 15) is 23.6 Å². The van der Waals surface area contributed by atoms with E-state index in [0.29, 0.717) is 11.1 Å². The number of aliphatic carboxylic acids is 4. The van der Waals surface area contributed by atoms with Gasteiger partial charge in [-0.05, 0) is 24.1 Å². The second-order valence-electron chi connectivity index (χ2n) is 6.64. The van der Waals surface area contributed by atoms with Crippen LogP contribution in [0.25, 0.3) is 11.1 Å². The second kappa shape index (κ2) is 10.8. The van der Waals surface area contributed by atoms with Gasteiger partial charge in [0.2, 0.25) is 0 Å². The summed E-state index contributed by atoms with van der Waals surface area (Å²) in [5.41, 5.74) is -1.00. The van der Waals surface area contributed by atoms with Crippen molar-refractivity contribution in [1.29, 1.82) is 0 Å². The zero-order chi connectivity index (χ0) is 23.8. The lowest BCUT2D eigenvalue weighted by Crippen LogP contribution is -2.42. The molecular weight excluding hydrogens is 415 g/mol. The van der Waals surface area contributed by atoms with Gasteiger partial charge in [-0.1, -0.05) is 42.5 Å². The van der Waals surface area contributed by atoms with Crippen LogP contribution in [0.3, 0.4) is 0 Å². The van der Waals surface area contributed by atoms with Crippen LogP contribution >= 0.6 is 0 Å². The van der Waals surface area contributed by atoms with Crippen molar-refractivity contribution in [2.75, 3.05) is 0 Å². The number of carbonyl (C=O) groups is 4. The first kappa shape index (κ1) is 25.2. The summed E-state index contributed by atoms with van der Waals surface area (Å²) >= 11 is 0. The molecule has 2 aromatic rings. The van der Waals surface area contributed by atoms with Crippen LogP contribution < -0.4 is 0 Å². The van der Waals surface area contributed by atoms with E-state index in [1.807, 2.05) is 30.3 Å². The van der Waals surface area contributed by atoms with Gasteiger partial charge in [0.25, 0.3) is 0 Å². The van der Waals surface area contributed by atoms with Crippen molar-refractivity contribution in [3.63, 3.8) is 0 Å². The van der Waals surface area contributed by atoms with Crippen LogP contribution in [0.4, 0.5) is 4.39 Å².